The molecule has 0 saturated heterocycles. The van der Waals surface area contributed by atoms with Crippen LogP contribution < -0.4 is 5.73 Å². The molecule has 14 heavy (non-hydrogen) atoms. The minimum absolute atomic E-state index is 0.0486. The number of hydrogen-bond donors (Lipinski definition) is 1. The normalized spacial score (nSPS) is 12.4. The van der Waals surface area contributed by atoms with Gasteiger partial charge in [-0.1, -0.05) is 19.0 Å². The first-order chi connectivity index (χ1) is 6.32. The summed E-state index contributed by atoms with van der Waals surface area (Å²) < 4.78 is 41.3. The molecule has 1 heterocycles. The number of nitrogens with two attached hydrogens (primary N) is 1. The standard InChI is InChI=1S/C8H11F3N2O/c1-4(2)3-5-6(8(9,10)11)13-14-7(5)12/h4H,3,12H2,1-2H3. The van der Waals surface area contributed by atoms with Gasteiger partial charge in [-0.3, -0.25) is 0 Å². The van der Waals surface area contributed by atoms with E-state index in [2.05, 4.69) is 9.68 Å². The molecule has 0 spiro atoms. The fourth-order valence-electron chi connectivity index (χ4n) is 1.15. The summed E-state index contributed by atoms with van der Waals surface area (Å²) in [5.41, 5.74) is 4.20. The van der Waals surface area contributed by atoms with Crippen molar-refractivity contribution >= 4 is 5.88 Å². The van der Waals surface area contributed by atoms with Gasteiger partial charge in [0.1, 0.15) is 0 Å². The Balaban J connectivity index is 3.06. The Morgan fingerprint density at radius 1 is 1.43 bits per heavy atom. The molecule has 3 nitrogen and oxygen atoms in total. The van der Waals surface area contributed by atoms with Crippen LogP contribution in [0.1, 0.15) is 25.1 Å². The number of hydrogen-bond acceptors (Lipinski definition) is 3. The van der Waals surface area contributed by atoms with Crippen LogP contribution in [0.25, 0.3) is 0 Å². The molecule has 1 rings (SSSR count). The van der Waals surface area contributed by atoms with Crippen molar-refractivity contribution in [2.75, 3.05) is 5.73 Å². The molecule has 0 radical (unpaired) electrons. The number of anilines is 1. The third-order valence-corrected chi connectivity index (χ3v) is 1.70. The van der Waals surface area contributed by atoms with E-state index in [4.69, 9.17) is 5.73 Å². The molecule has 0 unspecified atom stereocenters. The summed E-state index contributed by atoms with van der Waals surface area (Å²) in [4.78, 5) is 0. The van der Waals surface area contributed by atoms with Crippen molar-refractivity contribution in [2.45, 2.75) is 26.4 Å². The Kier molecular flexibility index (Phi) is 2.73. The highest BCUT2D eigenvalue weighted by Gasteiger charge is 2.38. The van der Waals surface area contributed by atoms with E-state index in [-0.39, 0.29) is 23.8 Å². The van der Waals surface area contributed by atoms with Gasteiger partial charge in [0.15, 0.2) is 5.69 Å². The molecule has 2 N–H and O–H groups in total. The molecule has 0 aliphatic heterocycles. The first-order valence-electron chi connectivity index (χ1n) is 4.13. The Morgan fingerprint density at radius 3 is 2.43 bits per heavy atom. The highest BCUT2D eigenvalue weighted by atomic mass is 19.4. The minimum atomic E-state index is -4.49. The van der Waals surface area contributed by atoms with Crippen molar-refractivity contribution in [3.8, 4) is 0 Å². The van der Waals surface area contributed by atoms with Gasteiger partial charge in [0.2, 0.25) is 5.88 Å². The third-order valence-electron chi connectivity index (χ3n) is 1.70. The monoisotopic (exact) mass is 208 g/mol. The first-order valence-corrected chi connectivity index (χ1v) is 4.13. The molecule has 0 amide bonds. The van der Waals surface area contributed by atoms with E-state index >= 15 is 0 Å². The number of nitrogen functional groups attached to an aromatic ring is 1. The van der Waals surface area contributed by atoms with Crippen LogP contribution in [0.5, 0.6) is 0 Å². The van der Waals surface area contributed by atoms with Crippen LogP contribution in [0.2, 0.25) is 0 Å². The van der Waals surface area contributed by atoms with Gasteiger partial charge in [0.25, 0.3) is 0 Å². The SMILES string of the molecule is CC(C)Cc1c(C(F)(F)F)noc1N. The summed E-state index contributed by atoms with van der Waals surface area (Å²) in [6.07, 6.45) is -4.28. The van der Waals surface area contributed by atoms with E-state index in [0.717, 1.165) is 0 Å². The smallest absolute Gasteiger partial charge is 0.367 e. The molecule has 80 valence electrons. The zero-order valence-corrected chi connectivity index (χ0v) is 7.85. The molecule has 1 aromatic rings. The van der Waals surface area contributed by atoms with Crippen LogP contribution >= 0.6 is 0 Å². The molecular formula is C8H11F3N2O. The Morgan fingerprint density at radius 2 is 2.00 bits per heavy atom. The zero-order chi connectivity index (χ0) is 10.9. The van der Waals surface area contributed by atoms with Crippen LogP contribution in [-0.4, -0.2) is 5.16 Å². The number of rotatable bonds is 2. The number of alkyl halides is 3. The first kappa shape index (κ1) is 10.9. The van der Waals surface area contributed by atoms with Crippen molar-refractivity contribution in [3.05, 3.63) is 11.3 Å². The van der Waals surface area contributed by atoms with Crippen LogP contribution in [0.4, 0.5) is 19.1 Å². The van der Waals surface area contributed by atoms with Crippen LogP contribution in [0.3, 0.4) is 0 Å². The molecule has 0 fully saturated rings. The fourth-order valence-corrected chi connectivity index (χ4v) is 1.15. The molecule has 0 aromatic carbocycles. The van der Waals surface area contributed by atoms with E-state index in [1.54, 1.807) is 13.8 Å². The molecule has 0 aliphatic carbocycles. The van der Waals surface area contributed by atoms with Crippen LogP contribution in [0.15, 0.2) is 4.52 Å². The van der Waals surface area contributed by atoms with Crippen molar-refractivity contribution in [1.29, 1.82) is 0 Å². The molecule has 0 aliphatic rings. The summed E-state index contributed by atoms with van der Waals surface area (Å²) in [6.45, 7) is 3.60. The average molecular weight is 208 g/mol. The van der Waals surface area contributed by atoms with Gasteiger partial charge >= 0.3 is 6.18 Å². The van der Waals surface area contributed by atoms with E-state index in [1.165, 1.54) is 0 Å². The quantitative estimate of drug-likeness (QED) is 0.812. The van der Waals surface area contributed by atoms with Crippen LogP contribution in [0, 0.1) is 5.92 Å². The Bertz CT molecular complexity index is 317. The molecule has 0 saturated carbocycles. The molecule has 1 aromatic heterocycles. The highest BCUT2D eigenvalue weighted by molar-refractivity contribution is 5.40. The van der Waals surface area contributed by atoms with E-state index in [9.17, 15) is 13.2 Å². The molecular weight excluding hydrogens is 197 g/mol. The predicted octanol–water partition coefficient (Wildman–Crippen LogP) is 2.47. The van der Waals surface area contributed by atoms with Gasteiger partial charge in [-0.25, -0.2) is 0 Å². The zero-order valence-electron chi connectivity index (χ0n) is 7.85. The Labute approximate surface area is 79.1 Å². The van der Waals surface area contributed by atoms with Crippen molar-refractivity contribution in [3.63, 3.8) is 0 Å². The average Bonchev–Trinajstić information content (AvgIpc) is 2.30. The van der Waals surface area contributed by atoms with Gasteiger partial charge in [0.05, 0.1) is 0 Å². The number of nitrogens with zero attached hydrogens (tertiary/aromatic N) is 1. The predicted molar refractivity (Wildman–Crippen MR) is 44.5 cm³/mol. The molecule has 0 bridgehead atoms. The number of halogens is 3. The lowest BCUT2D eigenvalue weighted by Gasteiger charge is -2.07. The molecule has 0 atom stereocenters. The van der Waals surface area contributed by atoms with E-state index < -0.39 is 11.9 Å². The third kappa shape index (κ3) is 2.18. The lowest BCUT2D eigenvalue weighted by atomic mass is 10.0. The van der Waals surface area contributed by atoms with Gasteiger partial charge in [-0.2, -0.15) is 13.2 Å². The van der Waals surface area contributed by atoms with Crippen molar-refractivity contribution in [2.24, 2.45) is 5.92 Å². The second-order valence-corrected chi connectivity index (χ2v) is 3.47. The van der Waals surface area contributed by atoms with E-state index in [1.807, 2.05) is 0 Å². The van der Waals surface area contributed by atoms with Crippen molar-refractivity contribution in [1.82, 2.24) is 5.16 Å². The summed E-state index contributed by atoms with van der Waals surface area (Å²) >= 11 is 0. The van der Waals surface area contributed by atoms with Crippen molar-refractivity contribution < 1.29 is 17.7 Å². The largest absolute Gasteiger partial charge is 0.437 e. The highest BCUT2D eigenvalue weighted by Crippen LogP contribution is 2.34. The van der Waals surface area contributed by atoms with Gasteiger partial charge in [-0.15, -0.1) is 0 Å². The van der Waals surface area contributed by atoms with Gasteiger partial charge in [0, 0.05) is 5.56 Å². The summed E-state index contributed by atoms with van der Waals surface area (Å²) in [5.74, 6) is -0.177. The maximum absolute atomic E-state index is 12.3. The topological polar surface area (TPSA) is 52.0 Å². The lowest BCUT2D eigenvalue weighted by molar-refractivity contribution is -0.143. The van der Waals surface area contributed by atoms with Crippen LogP contribution in [-0.2, 0) is 12.6 Å². The second-order valence-electron chi connectivity index (χ2n) is 3.47. The fraction of sp³-hybridized carbons (Fsp3) is 0.625. The van der Waals surface area contributed by atoms with Gasteiger partial charge in [-0.05, 0) is 12.3 Å². The summed E-state index contributed by atoms with van der Waals surface area (Å²) in [7, 11) is 0. The Hall–Kier alpha value is -1.20. The minimum Gasteiger partial charge on any atom is -0.367 e. The molecule has 6 heteroatoms. The maximum Gasteiger partial charge on any atom is 0.437 e. The number of aromatic nitrogens is 1. The van der Waals surface area contributed by atoms with Gasteiger partial charge < -0.3 is 10.3 Å². The lowest BCUT2D eigenvalue weighted by Crippen LogP contribution is -2.10. The van der Waals surface area contributed by atoms with E-state index in [0.29, 0.717) is 0 Å². The second kappa shape index (κ2) is 3.51. The maximum atomic E-state index is 12.3. The summed E-state index contributed by atoms with van der Waals surface area (Å²) in [5, 5.41) is 2.92. The summed E-state index contributed by atoms with van der Waals surface area (Å²) in [6, 6.07) is 0.